The van der Waals surface area contributed by atoms with Crippen molar-refractivity contribution in [3.05, 3.63) is 188 Å². The fourth-order valence-corrected chi connectivity index (χ4v) is 9.61. The summed E-state index contributed by atoms with van der Waals surface area (Å²) in [6, 6.07) is 67.1. The van der Waals surface area contributed by atoms with Gasteiger partial charge in [-0.25, -0.2) is 4.98 Å². The molecule has 0 atom stereocenters. The van der Waals surface area contributed by atoms with Gasteiger partial charge in [0.05, 0.1) is 22.1 Å². The first-order chi connectivity index (χ1) is 28.8. The zero-order valence-electron chi connectivity index (χ0n) is 31.1. The average Bonchev–Trinajstić information content (AvgIpc) is 3.78. The van der Waals surface area contributed by atoms with Crippen molar-refractivity contribution in [3.8, 4) is 56.7 Å². The summed E-state index contributed by atoms with van der Waals surface area (Å²) in [5.41, 5.74) is 12.3. The van der Waals surface area contributed by atoms with Crippen LogP contribution in [0.2, 0.25) is 0 Å². The zero-order chi connectivity index (χ0) is 37.9. The van der Waals surface area contributed by atoms with Crippen LogP contribution in [0.25, 0.3) is 122 Å². The van der Waals surface area contributed by atoms with Gasteiger partial charge < -0.3 is 4.57 Å². The summed E-state index contributed by atoms with van der Waals surface area (Å²) >= 11 is 0. The molecule has 3 aromatic heterocycles. The van der Waals surface area contributed by atoms with E-state index in [1.54, 1.807) is 0 Å². The van der Waals surface area contributed by atoms with E-state index in [0.29, 0.717) is 17.6 Å². The van der Waals surface area contributed by atoms with Gasteiger partial charge >= 0.3 is 0 Å². The molecule has 1 aliphatic rings. The molecule has 5 nitrogen and oxygen atoms in total. The van der Waals surface area contributed by atoms with E-state index in [9.17, 15) is 0 Å². The van der Waals surface area contributed by atoms with E-state index < -0.39 is 0 Å². The third kappa shape index (κ3) is 4.33. The van der Waals surface area contributed by atoms with Crippen LogP contribution in [-0.2, 0) is 0 Å². The number of fused-ring (bicyclic) bond motifs is 2. The Hall–Kier alpha value is -7.89. The number of hydrogen-bond donors (Lipinski definition) is 0. The lowest BCUT2D eigenvalue weighted by Crippen LogP contribution is -2.06. The van der Waals surface area contributed by atoms with Crippen LogP contribution in [0.1, 0.15) is 0 Å². The van der Waals surface area contributed by atoms with E-state index >= 15 is 0 Å². The molecule has 3 heterocycles. The first-order valence-corrected chi connectivity index (χ1v) is 19.7. The highest BCUT2D eigenvalue weighted by Gasteiger charge is 2.28. The van der Waals surface area contributed by atoms with Crippen molar-refractivity contribution in [1.82, 2.24) is 24.1 Å². The third-order valence-electron chi connectivity index (χ3n) is 12.1. The monoisotopic (exact) mass is 737 g/mol. The minimum atomic E-state index is 0.588. The standard InChI is InChI=1S/C53H31N5/c1-4-13-32(14-5-1)36-26-25-33-17-10-22-40(41(33)31-36)52-54-51(35-15-6-2-7-16-35)55-53(56-52)58-43-24-12-21-39-38-20-11-23-42-47(38)49-44(57(42)37-18-8-3-9-19-37)29-27-34-28-30-45(58)50(46(34)49)48(39)43/h1-31H. The number of benzene rings is 9. The lowest BCUT2D eigenvalue weighted by molar-refractivity contribution is 0.954. The van der Waals surface area contributed by atoms with Crippen LogP contribution in [0.4, 0.5) is 0 Å². The molecule has 12 aromatic rings. The van der Waals surface area contributed by atoms with E-state index in [-0.39, 0.29) is 0 Å². The second-order valence-electron chi connectivity index (χ2n) is 15.2. The summed E-state index contributed by atoms with van der Waals surface area (Å²) in [6.07, 6.45) is 0. The normalized spacial score (nSPS) is 12.1. The molecule has 0 N–H and O–H groups in total. The van der Waals surface area contributed by atoms with Gasteiger partial charge in [-0.05, 0) is 80.9 Å². The van der Waals surface area contributed by atoms with Gasteiger partial charge in [0.2, 0.25) is 5.95 Å². The maximum atomic E-state index is 5.43. The molecule has 9 aromatic carbocycles. The molecule has 0 unspecified atom stereocenters. The number of nitrogens with zero attached hydrogens (tertiary/aromatic N) is 5. The minimum Gasteiger partial charge on any atom is -0.309 e. The summed E-state index contributed by atoms with van der Waals surface area (Å²) in [7, 11) is 0. The highest BCUT2D eigenvalue weighted by atomic mass is 15.2. The van der Waals surface area contributed by atoms with E-state index in [4.69, 9.17) is 15.0 Å². The van der Waals surface area contributed by atoms with Crippen molar-refractivity contribution < 1.29 is 0 Å². The van der Waals surface area contributed by atoms with Crippen molar-refractivity contribution >= 4 is 65.2 Å². The van der Waals surface area contributed by atoms with Gasteiger partial charge in [0, 0.05) is 43.7 Å². The molecule has 0 saturated carbocycles. The summed E-state index contributed by atoms with van der Waals surface area (Å²) < 4.78 is 4.69. The summed E-state index contributed by atoms with van der Waals surface area (Å²) in [4.78, 5) is 16.0. The second kappa shape index (κ2) is 11.8. The van der Waals surface area contributed by atoms with E-state index in [2.05, 4.69) is 179 Å². The molecule has 0 aliphatic heterocycles. The van der Waals surface area contributed by atoms with E-state index in [1.165, 1.54) is 60.0 Å². The van der Waals surface area contributed by atoms with Gasteiger partial charge in [0.1, 0.15) is 0 Å². The van der Waals surface area contributed by atoms with Crippen molar-refractivity contribution in [3.63, 3.8) is 0 Å². The van der Waals surface area contributed by atoms with Crippen molar-refractivity contribution in [2.75, 3.05) is 0 Å². The smallest absolute Gasteiger partial charge is 0.238 e. The average molecular weight is 738 g/mol. The largest absolute Gasteiger partial charge is 0.309 e. The number of rotatable bonds is 5. The predicted octanol–water partition coefficient (Wildman–Crippen LogP) is 13.4. The van der Waals surface area contributed by atoms with Crippen molar-refractivity contribution in [1.29, 1.82) is 0 Å². The van der Waals surface area contributed by atoms with Gasteiger partial charge in [-0.1, -0.05) is 146 Å². The lowest BCUT2D eigenvalue weighted by atomic mass is 9.98. The van der Waals surface area contributed by atoms with Crippen LogP contribution in [0.3, 0.4) is 0 Å². The molecular formula is C53H31N5. The Bertz CT molecular complexity index is 3660. The van der Waals surface area contributed by atoms with Crippen LogP contribution < -0.4 is 0 Å². The van der Waals surface area contributed by atoms with Crippen molar-refractivity contribution in [2.45, 2.75) is 0 Å². The van der Waals surface area contributed by atoms with Crippen LogP contribution in [0.15, 0.2) is 188 Å². The molecule has 1 aliphatic carbocycles. The summed E-state index contributed by atoms with van der Waals surface area (Å²) in [6.45, 7) is 0. The Morgan fingerprint density at radius 1 is 0.310 bits per heavy atom. The van der Waals surface area contributed by atoms with Crippen LogP contribution in [0, 0.1) is 0 Å². The third-order valence-corrected chi connectivity index (χ3v) is 12.1. The molecule has 13 rings (SSSR count). The first-order valence-electron chi connectivity index (χ1n) is 19.7. The maximum Gasteiger partial charge on any atom is 0.238 e. The van der Waals surface area contributed by atoms with E-state index in [0.717, 1.165) is 44.2 Å². The Balaban J connectivity index is 1.14. The minimum absolute atomic E-state index is 0.588. The molecule has 0 amide bonds. The van der Waals surface area contributed by atoms with Gasteiger partial charge in [-0.2, -0.15) is 9.97 Å². The van der Waals surface area contributed by atoms with Crippen LogP contribution in [-0.4, -0.2) is 24.1 Å². The quantitative estimate of drug-likeness (QED) is 0.177. The highest BCUT2D eigenvalue weighted by Crippen LogP contribution is 2.51. The molecule has 0 fully saturated rings. The molecule has 0 saturated heterocycles. The molecule has 58 heavy (non-hydrogen) atoms. The Kier molecular flexibility index (Phi) is 6.38. The highest BCUT2D eigenvalue weighted by molar-refractivity contribution is 6.38. The molecule has 0 spiro atoms. The van der Waals surface area contributed by atoms with Gasteiger partial charge in [-0.3, -0.25) is 4.57 Å². The Morgan fingerprint density at radius 3 is 1.57 bits per heavy atom. The molecule has 0 bridgehead atoms. The second-order valence-corrected chi connectivity index (χ2v) is 15.2. The van der Waals surface area contributed by atoms with Crippen molar-refractivity contribution in [2.24, 2.45) is 0 Å². The molecule has 268 valence electrons. The zero-order valence-corrected chi connectivity index (χ0v) is 31.1. The SMILES string of the molecule is c1ccc(-c2ccc3cccc(-c4nc(-c5ccccc5)nc(-n5c6cccc7c6c6c8c(ccc9c8c8c-7cccc8n9-c7ccccc7)ccc65)n4)c3c2)cc1. The van der Waals surface area contributed by atoms with Gasteiger partial charge in [0.25, 0.3) is 0 Å². The Morgan fingerprint density at radius 2 is 0.862 bits per heavy atom. The Labute approximate surface area is 332 Å². The van der Waals surface area contributed by atoms with Crippen LogP contribution in [0.5, 0.6) is 0 Å². The summed E-state index contributed by atoms with van der Waals surface area (Å²) in [5, 5.41) is 9.69. The fourth-order valence-electron chi connectivity index (χ4n) is 9.61. The maximum absolute atomic E-state index is 5.43. The van der Waals surface area contributed by atoms with Gasteiger partial charge in [0.15, 0.2) is 11.6 Å². The first kappa shape index (κ1) is 31.3. The van der Waals surface area contributed by atoms with Gasteiger partial charge in [-0.15, -0.1) is 0 Å². The topological polar surface area (TPSA) is 48.5 Å². The number of hydrogen-bond acceptors (Lipinski definition) is 3. The lowest BCUT2D eigenvalue weighted by Gasteiger charge is -2.13. The molecule has 0 radical (unpaired) electrons. The predicted molar refractivity (Wildman–Crippen MR) is 239 cm³/mol. The summed E-state index contributed by atoms with van der Waals surface area (Å²) in [5.74, 6) is 1.85. The van der Waals surface area contributed by atoms with Crippen LogP contribution >= 0.6 is 0 Å². The molecular weight excluding hydrogens is 707 g/mol. The fraction of sp³-hybridized carbons (Fsp3) is 0. The molecule has 5 heteroatoms. The van der Waals surface area contributed by atoms with E-state index in [1.807, 2.05) is 18.2 Å². The number of aromatic nitrogens is 5. The number of para-hydroxylation sites is 1.